The van der Waals surface area contributed by atoms with E-state index >= 15 is 0 Å². The number of para-hydroxylation sites is 1. The molecule has 0 radical (unpaired) electrons. The van der Waals surface area contributed by atoms with Crippen molar-refractivity contribution < 1.29 is 19.1 Å². The molecule has 21 heavy (non-hydrogen) atoms. The van der Waals surface area contributed by atoms with Crippen molar-refractivity contribution in [1.82, 2.24) is 5.32 Å². The second-order valence-corrected chi connectivity index (χ2v) is 4.82. The summed E-state index contributed by atoms with van der Waals surface area (Å²) in [6, 6.07) is 16.2. The van der Waals surface area contributed by atoms with E-state index in [9.17, 15) is 9.59 Å². The van der Waals surface area contributed by atoms with Gasteiger partial charge in [0.2, 0.25) is 5.60 Å². The smallest absolute Gasteiger partial charge is 0.415 e. The lowest BCUT2D eigenvalue weighted by Crippen LogP contribution is -2.33. The van der Waals surface area contributed by atoms with Crippen molar-refractivity contribution in [3.63, 3.8) is 0 Å². The second-order valence-electron chi connectivity index (χ2n) is 4.82. The standard InChI is InChI=1S/C16H13NO4/c1-16(14(18)17-15(19)21-16)11-7-9-13(10-8-11)20-12-5-3-2-4-6-12/h2-10H,1H3,(H,17,18,19). The molecule has 2 amide bonds. The number of amides is 2. The van der Waals surface area contributed by atoms with E-state index in [0.29, 0.717) is 11.3 Å². The Morgan fingerprint density at radius 2 is 1.57 bits per heavy atom. The van der Waals surface area contributed by atoms with Crippen LogP contribution in [0.3, 0.4) is 0 Å². The highest BCUT2D eigenvalue weighted by Gasteiger charge is 2.46. The first-order chi connectivity index (χ1) is 10.1. The number of rotatable bonds is 3. The zero-order valence-corrected chi connectivity index (χ0v) is 11.3. The first kappa shape index (κ1) is 13.2. The third-order valence-corrected chi connectivity index (χ3v) is 3.33. The third-order valence-electron chi connectivity index (χ3n) is 3.33. The number of carbonyl (C=O) groups is 2. The fourth-order valence-corrected chi connectivity index (χ4v) is 2.12. The van der Waals surface area contributed by atoms with Crippen molar-refractivity contribution in [2.75, 3.05) is 0 Å². The lowest BCUT2D eigenvalue weighted by atomic mass is 9.95. The molecule has 2 aromatic rings. The van der Waals surface area contributed by atoms with Crippen molar-refractivity contribution in [3.05, 3.63) is 60.2 Å². The van der Waals surface area contributed by atoms with Gasteiger partial charge in [-0.25, -0.2) is 4.79 Å². The summed E-state index contributed by atoms with van der Waals surface area (Å²) in [5.41, 5.74) is -0.700. The Kier molecular flexibility index (Phi) is 3.10. The van der Waals surface area contributed by atoms with Crippen LogP contribution in [0, 0.1) is 0 Å². The van der Waals surface area contributed by atoms with Gasteiger partial charge in [-0.2, -0.15) is 0 Å². The van der Waals surface area contributed by atoms with Gasteiger partial charge in [0, 0.05) is 5.56 Å². The summed E-state index contributed by atoms with van der Waals surface area (Å²) in [5.74, 6) is 0.893. The average Bonchev–Trinajstić information content (AvgIpc) is 2.74. The summed E-state index contributed by atoms with van der Waals surface area (Å²) in [6.45, 7) is 1.56. The SMILES string of the molecule is CC1(c2ccc(Oc3ccccc3)cc2)OC(=O)NC1=O. The first-order valence-corrected chi connectivity index (χ1v) is 6.46. The van der Waals surface area contributed by atoms with Gasteiger partial charge in [-0.15, -0.1) is 0 Å². The van der Waals surface area contributed by atoms with Crippen LogP contribution in [0.2, 0.25) is 0 Å². The third kappa shape index (κ3) is 2.45. The molecule has 0 aromatic heterocycles. The number of cyclic esters (lactones) is 1. The van der Waals surface area contributed by atoms with Gasteiger partial charge in [0.05, 0.1) is 0 Å². The quantitative estimate of drug-likeness (QED) is 0.940. The number of imide groups is 1. The van der Waals surface area contributed by atoms with Crippen LogP contribution >= 0.6 is 0 Å². The first-order valence-electron chi connectivity index (χ1n) is 6.46. The molecule has 0 saturated carbocycles. The fourth-order valence-electron chi connectivity index (χ4n) is 2.12. The number of benzene rings is 2. The van der Waals surface area contributed by atoms with Gasteiger partial charge in [0.15, 0.2) is 0 Å². The van der Waals surface area contributed by atoms with Crippen LogP contribution in [0.25, 0.3) is 0 Å². The van der Waals surface area contributed by atoms with Crippen LogP contribution in [0.1, 0.15) is 12.5 Å². The van der Waals surface area contributed by atoms with Crippen LogP contribution in [0.15, 0.2) is 54.6 Å². The maximum atomic E-state index is 11.8. The number of carbonyl (C=O) groups excluding carboxylic acids is 2. The van der Waals surface area contributed by atoms with E-state index < -0.39 is 17.6 Å². The molecule has 106 valence electrons. The van der Waals surface area contributed by atoms with E-state index in [2.05, 4.69) is 5.32 Å². The molecule has 5 heteroatoms. The topological polar surface area (TPSA) is 64.6 Å². The number of ether oxygens (including phenoxy) is 2. The molecular formula is C16H13NO4. The molecule has 1 aliphatic rings. The normalized spacial score (nSPS) is 20.8. The molecule has 3 rings (SSSR count). The molecule has 1 atom stereocenters. The number of hydrogen-bond acceptors (Lipinski definition) is 4. The molecule has 2 aromatic carbocycles. The van der Waals surface area contributed by atoms with Crippen molar-refractivity contribution in [2.24, 2.45) is 0 Å². The summed E-state index contributed by atoms with van der Waals surface area (Å²) in [4.78, 5) is 23.0. The molecule has 0 aliphatic carbocycles. The maximum Gasteiger partial charge on any atom is 0.415 e. The van der Waals surface area contributed by atoms with Crippen LogP contribution < -0.4 is 10.1 Å². The average molecular weight is 283 g/mol. The van der Waals surface area contributed by atoms with Crippen molar-refractivity contribution in [2.45, 2.75) is 12.5 Å². The molecule has 1 saturated heterocycles. The molecule has 1 unspecified atom stereocenters. The Morgan fingerprint density at radius 3 is 2.14 bits per heavy atom. The van der Waals surface area contributed by atoms with Crippen molar-refractivity contribution in [1.29, 1.82) is 0 Å². The highest BCUT2D eigenvalue weighted by atomic mass is 16.6. The lowest BCUT2D eigenvalue weighted by Gasteiger charge is -2.19. The van der Waals surface area contributed by atoms with Crippen LogP contribution in [0.4, 0.5) is 4.79 Å². The molecule has 1 fully saturated rings. The number of nitrogens with one attached hydrogen (secondary N) is 1. The molecule has 0 bridgehead atoms. The predicted octanol–water partition coefficient (Wildman–Crippen LogP) is 2.96. The van der Waals surface area contributed by atoms with Crippen molar-refractivity contribution >= 4 is 12.0 Å². The second kappa shape index (κ2) is 4.94. The van der Waals surface area contributed by atoms with Crippen LogP contribution in [0.5, 0.6) is 11.5 Å². The zero-order valence-electron chi connectivity index (χ0n) is 11.3. The minimum Gasteiger partial charge on any atom is -0.457 e. The summed E-state index contributed by atoms with van der Waals surface area (Å²) < 4.78 is 10.7. The Morgan fingerprint density at radius 1 is 0.952 bits per heavy atom. The van der Waals surface area contributed by atoms with E-state index in [1.807, 2.05) is 30.3 Å². The van der Waals surface area contributed by atoms with E-state index in [1.54, 1.807) is 31.2 Å². The van der Waals surface area contributed by atoms with E-state index in [1.165, 1.54) is 0 Å². The fraction of sp³-hybridized carbons (Fsp3) is 0.125. The van der Waals surface area contributed by atoms with E-state index in [4.69, 9.17) is 9.47 Å². The lowest BCUT2D eigenvalue weighted by molar-refractivity contribution is -0.130. The monoisotopic (exact) mass is 283 g/mol. The predicted molar refractivity (Wildman–Crippen MR) is 74.9 cm³/mol. The Labute approximate surface area is 121 Å². The van der Waals surface area contributed by atoms with Gasteiger partial charge in [0.1, 0.15) is 11.5 Å². The van der Waals surface area contributed by atoms with Gasteiger partial charge in [-0.05, 0) is 31.2 Å². The van der Waals surface area contributed by atoms with Gasteiger partial charge >= 0.3 is 6.09 Å². The largest absolute Gasteiger partial charge is 0.457 e. The molecule has 1 heterocycles. The summed E-state index contributed by atoms with van der Waals surface area (Å²) in [5, 5.41) is 2.13. The molecular weight excluding hydrogens is 270 g/mol. The molecule has 5 nitrogen and oxygen atoms in total. The Hall–Kier alpha value is -2.82. The Balaban J connectivity index is 1.81. The number of hydrogen-bond donors (Lipinski definition) is 1. The zero-order chi connectivity index (χ0) is 14.9. The maximum absolute atomic E-state index is 11.8. The highest BCUT2D eigenvalue weighted by Crippen LogP contribution is 2.31. The Bertz CT molecular complexity index is 681. The minimum absolute atomic E-state index is 0.468. The summed E-state index contributed by atoms with van der Waals surface area (Å²) in [7, 11) is 0. The minimum atomic E-state index is -1.29. The highest BCUT2D eigenvalue weighted by molar-refractivity contribution is 6.03. The molecule has 0 spiro atoms. The summed E-state index contributed by atoms with van der Waals surface area (Å²) >= 11 is 0. The van der Waals surface area contributed by atoms with E-state index in [-0.39, 0.29) is 0 Å². The molecule has 1 aliphatic heterocycles. The van der Waals surface area contributed by atoms with Gasteiger partial charge in [0.25, 0.3) is 5.91 Å². The van der Waals surface area contributed by atoms with Crippen LogP contribution in [-0.2, 0) is 15.1 Å². The van der Waals surface area contributed by atoms with Gasteiger partial charge in [-0.3, -0.25) is 10.1 Å². The van der Waals surface area contributed by atoms with E-state index in [0.717, 1.165) is 5.75 Å². The van der Waals surface area contributed by atoms with Gasteiger partial charge in [-0.1, -0.05) is 30.3 Å². The summed E-state index contributed by atoms with van der Waals surface area (Å²) in [6.07, 6.45) is -0.730. The number of alkyl carbamates (subject to hydrolysis) is 1. The molecule has 1 N–H and O–H groups in total. The van der Waals surface area contributed by atoms with Crippen LogP contribution in [-0.4, -0.2) is 12.0 Å². The van der Waals surface area contributed by atoms with Crippen molar-refractivity contribution in [3.8, 4) is 11.5 Å². The van der Waals surface area contributed by atoms with Gasteiger partial charge < -0.3 is 9.47 Å².